The Morgan fingerprint density at radius 3 is 2.44 bits per heavy atom. The standard InChI is InChI=1S/C6H13O2.Rb/c1-3-6(2)4-8-5-7;/h7H,3-5H2,1-2H3;/q-1;+1. The molecule has 0 aliphatic rings. The molecule has 50 valence electrons. The second kappa shape index (κ2) is 9.73. The number of hydrogen-bond acceptors (Lipinski definition) is 2. The Labute approximate surface area is 106 Å². The van der Waals surface area contributed by atoms with E-state index >= 15 is 0 Å². The van der Waals surface area contributed by atoms with E-state index in [0.717, 1.165) is 6.42 Å². The van der Waals surface area contributed by atoms with Gasteiger partial charge in [-0.2, -0.15) is 13.3 Å². The van der Waals surface area contributed by atoms with Crippen molar-refractivity contribution in [2.75, 3.05) is 13.4 Å². The van der Waals surface area contributed by atoms with Crippen LogP contribution >= 0.6 is 0 Å². The summed E-state index contributed by atoms with van der Waals surface area (Å²) >= 11 is 0. The molecule has 0 unspecified atom stereocenters. The maximum Gasteiger partial charge on any atom is 1.00 e. The van der Waals surface area contributed by atoms with Gasteiger partial charge in [-0.1, -0.05) is 13.5 Å². The van der Waals surface area contributed by atoms with Crippen LogP contribution in [0.1, 0.15) is 20.3 Å². The van der Waals surface area contributed by atoms with Gasteiger partial charge in [0.2, 0.25) is 0 Å². The Morgan fingerprint density at radius 1 is 1.56 bits per heavy atom. The van der Waals surface area contributed by atoms with Gasteiger partial charge in [-0.15, -0.1) is 0 Å². The zero-order valence-corrected chi connectivity index (χ0v) is 11.4. The Hall–Kier alpha value is 1.73. The van der Waals surface area contributed by atoms with E-state index in [-0.39, 0.29) is 65.0 Å². The van der Waals surface area contributed by atoms with Crippen molar-refractivity contribution in [3.63, 3.8) is 0 Å². The largest absolute Gasteiger partial charge is 1.00 e. The van der Waals surface area contributed by atoms with Crippen molar-refractivity contribution in [1.29, 1.82) is 0 Å². The number of rotatable bonds is 4. The molecule has 0 rings (SSSR count). The SMILES string of the molecule is CC[C-](C)COCO.[Rb+]. The molecule has 0 fully saturated rings. The Morgan fingerprint density at radius 2 is 2.11 bits per heavy atom. The first kappa shape index (κ1) is 13.3. The van der Waals surface area contributed by atoms with Crippen molar-refractivity contribution in [2.24, 2.45) is 0 Å². The smallest absolute Gasteiger partial charge is 0.387 e. The van der Waals surface area contributed by atoms with E-state index in [2.05, 4.69) is 6.92 Å². The van der Waals surface area contributed by atoms with Crippen LogP contribution in [0.3, 0.4) is 0 Å². The summed E-state index contributed by atoms with van der Waals surface area (Å²) in [6, 6.07) is 0. The molecule has 0 heterocycles. The monoisotopic (exact) mass is 202 g/mol. The van der Waals surface area contributed by atoms with Gasteiger partial charge in [0.25, 0.3) is 0 Å². The summed E-state index contributed by atoms with van der Waals surface area (Å²) in [5.41, 5.74) is 0. The van der Waals surface area contributed by atoms with Crippen LogP contribution in [0.4, 0.5) is 0 Å². The second-order valence-corrected chi connectivity index (χ2v) is 1.79. The van der Waals surface area contributed by atoms with Gasteiger partial charge in [-0.25, -0.2) is 0 Å². The summed E-state index contributed by atoms with van der Waals surface area (Å²) in [7, 11) is 0. The van der Waals surface area contributed by atoms with Crippen LogP contribution in [0.5, 0.6) is 0 Å². The minimum absolute atomic E-state index is 0. The van der Waals surface area contributed by atoms with E-state index in [4.69, 9.17) is 9.84 Å². The molecule has 0 saturated carbocycles. The molecule has 0 bridgehead atoms. The second-order valence-electron chi connectivity index (χ2n) is 1.79. The van der Waals surface area contributed by atoms with Crippen molar-refractivity contribution in [3.8, 4) is 0 Å². The molecule has 0 radical (unpaired) electrons. The summed E-state index contributed by atoms with van der Waals surface area (Å²) in [5, 5.41) is 8.18. The van der Waals surface area contributed by atoms with Gasteiger partial charge >= 0.3 is 58.2 Å². The first-order chi connectivity index (χ1) is 3.81. The maximum atomic E-state index is 8.18. The van der Waals surface area contributed by atoms with Gasteiger partial charge in [0.15, 0.2) is 0 Å². The van der Waals surface area contributed by atoms with E-state index in [1.807, 2.05) is 6.92 Å². The van der Waals surface area contributed by atoms with E-state index in [1.165, 1.54) is 5.92 Å². The predicted molar refractivity (Wildman–Crippen MR) is 32.2 cm³/mol. The van der Waals surface area contributed by atoms with Crippen molar-refractivity contribution < 1.29 is 68.0 Å². The summed E-state index contributed by atoms with van der Waals surface area (Å²) in [6.07, 6.45) is 1.03. The molecule has 1 N–H and O–H groups in total. The van der Waals surface area contributed by atoms with Crippen LogP contribution in [-0.2, 0) is 4.74 Å². The quantitative estimate of drug-likeness (QED) is 0.421. The van der Waals surface area contributed by atoms with Crippen LogP contribution in [0.2, 0.25) is 0 Å². The van der Waals surface area contributed by atoms with Crippen LogP contribution in [0.25, 0.3) is 0 Å². The van der Waals surface area contributed by atoms with E-state index in [1.54, 1.807) is 0 Å². The van der Waals surface area contributed by atoms with E-state index < -0.39 is 0 Å². The van der Waals surface area contributed by atoms with Gasteiger partial charge in [0, 0.05) is 0 Å². The number of hydrogen-bond donors (Lipinski definition) is 1. The Kier molecular flexibility index (Phi) is 14.4. The summed E-state index contributed by atoms with van der Waals surface area (Å²) < 4.78 is 4.70. The van der Waals surface area contributed by atoms with Gasteiger partial charge < -0.3 is 9.84 Å². The Balaban J connectivity index is 0. The fraction of sp³-hybridized carbons (Fsp3) is 0.833. The molecule has 0 aliphatic carbocycles. The third-order valence-corrected chi connectivity index (χ3v) is 1.04. The van der Waals surface area contributed by atoms with E-state index in [9.17, 15) is 0 Å². The van der Waals surface area contributed by atoms with Crippen molar-refractivity contribution in [3.05, 3.63) is 5.92 Å². The minimum Gasteiger partial charge on any atom is -0.387 e. The van der Waals surface area contributed by atoms with Crippen molar-refractivity contribution >= 4 is 0 Å². The van der Waals surface area contributed by atoms with Crippen molar-refractivity contribution in [2.45, 2.75) is 20.3 Å². The van der Waals surface area contributed by atoms with Gasteiger partial charge in [-0.05, 0) is 0 Å². The Bertz CT molecular complexity index is 50.3. The summed E-state index contributed by atoms with van der Waals surface area (Å²) in [5.74, 6) is 1.26. The number of aliphatic hydroxyl groups is 1. The molecule has 0 aromatic carbocycles. The third-order valence-electron chi connectivity index (χ3n) is 1.04. The normalized spacial score (nSPS) is 9.33. The minimum atomic E-state index is -0.169. The van der Waals surface area contributed by atoms with Crippen LogP contribution < -0.4 is 58.2 Å². The zero-order chi connectivity index (χ0) is 6.41. The van der Waals surface area contributed by atoms with Crippen molar-refractivity contribution in [1.82, 2.24) is 0 Å². The molecule has 0 amide bonds. The summed E-state index contributed by atoms with van der Waals surface area (Å²) in [6.45, 7) is 4.50. The molecule has 0 spiro atoms. The molecular weight excluding hydrogens is 190 g/mol. The fourth-order valence-electron chi connectivity index (χ4n) is 0.322. The average molecular weight is 203 g/mol. The summed E-state index contributed by atoms with van der Waals surface area (Å²) in [4.78, 5) is 0. The number of ether oxygens (including phenoxy) is 1. The molecule has 0 aromatic heterocycles. The van der Waals surface area contributed by atoms with Gasteiger partial charge in [0.1, 0.15) is 6.79 Å². The molecule has 0 saturated heterocycles. The first-order valence-electron chi connectivity index (χ1n) is 2.81. The predicted octanol–water partition coefficient (Wildman–Crippen LogP) is -2.04. The molecular formula is C6H13O2Rb. The zero-order valence-electron chi connectivity index (χ0n) is 6.48. The fourth-order valence-corrected chi connectivity index (χ4v) is 0.322. The third kappa shape index (κ3) is 9.73. The van der Waals surface area contributed by atoms with Gasteiger partial charge in [0.05, 0.1) is 0 Å². The maximum absolute atomic E-state index is 8.18. The molecule has 3 heteroatoms. The molecule has 0 aromatic rings. The van der Waals surface area contributed by atoms with Crippen LogP contribution in [-0.4, -0.2) is 18.5 Å². The molecule has 2 nitrogen and oxygen atoms in total. The number of aliphatic hydroxyl groups excluding tert-OH is 1. The molecule has 0 aliphatic heterocycles. The molecule has 9 heavy (non-hydrogen) atoms. The van der Waals surface area contributed by atoms with Gasteiger partial charge in [-0.3, -0.25) is 5.92 Å². The average Bonchev–Trinajstić information content (AvgIpc) is 1.83. The van der Waals surface area contributed by atoms with E-state index in [0.29, 0.717) is 6.61 Å². The first-order valence-corrected chi connectivity index (χ1v) is 2.81. The van der Waals surface area contributed by atoms with Crippen LogP contribution in [0.15, 0.2) is 0 Å². The molecule has 0 atom stereocenters. The van der Waals surface area contributed by atoms with Crippen LogP contribution in [0, 0.1) is 5.92 Å². The topological polar surface area (TPSA) is 29.5 Å².